The number of hydrogen-bond donors (Lipinski definition) is 0. The molecular formula is C13H21N. The minimum atomic E-state index is 0.379. The van der Waals surface area contributed by atoms with Crippen molar-refractivity contribution in [2.24, 2.45) is 23.7 Å². The number of likely N-dealkylation sites (tertiary alicyclic amines) is 1. The summed E-state index contributed by atoms with van der Waals surface area (Å²) in [7, 11) is 0. The molecule has 4 atom stereocenters. The minimum Gasteiger partial charge on any atom is -0.298 e. The summed E-state index contributed by atoms with van der Waals surface area (Å²) in [5.74, 6) is 3.84. The van der Waals surface area contributed by atoms with Gasteiger partial charge in [0.15, 0.2) is 0 Å². The lowest BCUT2D eigenvalue weighted by molar-refractivity contribution is 0.156. The molecule has 1 heterocycles. The first-order valence-corrected chi connectivity index (χ1v) is 5.99. The highest BCUT2D eigenvalue weighted by atomic mass is 15.2. The lowest BCUT2D eigenvalue weighted by Gasteiger charge is -2.32. The number of nitrogens with zero attached hydrogens (tertiary/aromatic N) is 1. The van der Waals surface area contributed by atoms with Gasteiger partial charge in [-0.15, -0.1) is 0 Å². The van der Waals surface area contributed by atoms with E-state index >= 15 is 0 Å². The van der Waals surface area contributed by atoms with Gasteiger partial charge < -0.3 is 0 Å². The monoisotopic (exact) mass is 191 g/mol. The zero-order valence-electron chi connectivity index (χ0n) is 9.53. The van der Waals surface area contributed by atoms with Gasteiger partial charge >= 0.3 is 0 Å². The summed E-state index contributed by atoms with van der Waals surface area (Å²) < 4.78 is 0. The average molecular weight is 191 g/mol. The molecule has 3 rings (SSSR count). The number of allylic oxidation sites excluding steroid dienone is 2. The number of fused-ring (bicyclic) bond motifs is 5. The van der Waals surface area contributed by atoms with Crippen LogP contribution in [0.3, 0.4) is 0 Å². The van der Waals surface area contributed by atoms with E-state index in [1.807, 2.05) is 0 Å². The van der Waals surface area contributed by atoms with Gasteiger partial charge in [-0.2, -0.15) is 0 Å². The van der Waals surface area contributed by atoms with Crippen LogP contribution in [0.5, 0.6) is 0 Å². The predicted molar refractivity (Wildman–Crippen MR) is 59.0 cm³/mol. The van der Waals surface area contributed by atoms with Crippen molar-refractivity contribution in [3.05, 3.63) is 12.2 Å². The smallest absolute Gasteiger partial charge is 0.0125 e. The van der Waals surface area contributed by atoms with E-state index in [-0.39, 0.29) is 0 Å². The molecule has 2 fully saturated rings. The molecule has 0 N–H and O–H groups in total. The molecule has 0 radical (unpaired) electrons. The van der Waals surface area contributed by atoms with Gasteiger partial charge in [0.25, 0.3) is 0 Å². The van der Waals surface area contributed by atoms with Gasteiger partial charge in [0.2, 0.25) is 0 Å². The summed E-state index contributed by atoms with van der Waals surface area (Å²) in [4.78, 5) is 2.69. The third-order valence-corrected chi connectivity index (χ3v) is 4.61. The molecule has 3 aliphatic rings. The van der Waals surface area contributed by atoms with Crippen LogP contribution in [0.2, 0.25) is 0 Å². The maximum absolute atomic E-state index is 2.69. The van der Waals surface area contributed by atoms with E-state index in [4.69, 9.17) is 0 Å². The second-order valence-corrected chi connectivity index (χ2v) is 6.35. The Balaban J connectivity index is 1.79. The van der Waals surface area contributed by atoms with Crippen molar-refractivity contribution in [2.75, 3.05) is 13.1 Å². The first-order valence-electron chi connectivity index (χ1n) is 5.99. The fourth-order valence-electron chi connectivity index (χ4n) is 3.70. The average Bonchev–Trinajstić information content (AvgIpc) is 2.74. The van der Waals surface area contributed by atoms with Crippen molar-refractivity contribution in [1.29, 1.82) is 0 Å². The summed E-state index contributed by atoms with van der Waals surface area (Å²) in [5, 5.41) is 0. The fraction of sp³-hybridized carbons (Fsp3) is 0.846. The molecule has 1 saturated heterocycles. The Morgan fingerprint density at radius 1 is 1.00 bits per heavy atom. The van der Waals surface area contributed by atoms with Crippen molar-refractivity contribution >= 4 is 0 Å². The van der Waals surface area contributed by atoms with Crippen molar-refractivity contribution in [1.82, 2.24) is 4.90 Å². The first-order chi connectivity index (χ1) is 6.55. The highest BCUT2D eigenvalue weighted by Crippen LogP contribution is 2.52. The largest absolute Gasteiger partial charge is 0.298 e. The van der Waals surface area contributed by atoms with Gasteiger partial charge in [-0.25, -0.2) is 0 Å². The van der Waals surface area contributed by atoms with Gasteiger partial charge in [-0.3, -0.25) is 4.90 Å². The lowest BCUT2D eigenvalue weighted by atomic mass is 9.86. The lowest BCUT2D eigenvalue weighted by Crippen LogP contribution is -2.40. The van der Waals surface area contributed by atoms with Crippen molar-refractivity contribution in [3.8, 4) is 0 Å². The summed E-state index contributed by atoms with van der Waals surface area (Å²) in [6, 6.07) is 0. The molecular weight excluding hydrogens is 170 g/mol. The quantitative estimate of drug-likeness (QED) is 0.532. The molecule has 0 spiro atoms. The van der Waals surface area contributed by atoms with E-state index in [0.29, 0.717) is 5.54 Å². The van der Waals surface area contributed by atoms with Crippen LogP contribution in [0, 0.1) is 23.7 Å². The Labute approximate surface area is 87.2 Å². The number of hydrogen-bond acceptors (Lipinski definition) is 1. The van der Waals surface area contributed by atoms with E-state index in [0.717, 1.165) is 23.7 Å². The van der Waals surface area contributed by atoms with Crippen LogP contribution >= 0.6 is 0 Å². The standard InChI is InChI=1S/C13H21N/c1-13(2,3)14-7-11-9-4-5-10(6-9)12(11)8-14/h4-5,9-12H,6-8H2,1-3H3. The topological polar surface area (TPSA) is 3.24 Å². The minimum absolute atomic E-state index is 0.379. The second kappa shape index (κ2) is 2.63. The van der Waals surface area contributed by atoms with Crippen LogP contribution in [0.4, 0.5) is 0 Å². The Bertz CT molecular complexity index is 253. The zero-order chi connectivity index (χ0) is 9.92. The van der Waals surface area contributed by atoms with Crippen LogP contribution in [-0.2, 0) is 0 Å². The van der Waals surface area contributed by atoms with Crippen LogP contribution in [0.1, 0.15) is 27.2 Å². The SMILES string of the molecule is CC(C)(C)N1CC2C3C=CC(C3)C2C1. The third kappa shape index (κ3) is 1.11. The molecule has 1 saturated carbocycles. The van der Waals surface area contributed by atoms with Gasteiger partial charge in [0.1, 0.15) is 0 Å². The van der Waals surface area contributed by atoms with E-state index in [9.17, 15) is 0 Å². The predicted octanol–water partition coefficient (Wildman–Crippen LogP) is 2.54. The third-order valence-electron chi connectivity index (χ3n) is 4.61. The van der Waals surface area contributed by atoms with E-state index in [1.54, 1.807) is 0 Å². The van der Waals surface area contributed by atoms with Gasteiger partial charge in [0.05, 0.1) is 0 Å². The first kappa shape index (κ1) is 8.96. The Hall–Kier alpha value is -0.300. The van der Waals surface area contributed by atoms with Crippen molar-refractivity contribution in [3.63, 3.8) is 0 Å². The molecule has 1 nitrogen and oxygen atoms in total. The van der Waals surface area contributed by atoms with E-state index < -0.39 is 0 Å². The van der Waals surface area contributed by atoms with E-state index in [2.05, 4.69) is 37.8 Å². The molecule has 4 unspecified atom stereocenters. The van der Waals surface area contributed by atoms with Crippen LogP contribution in [0.15, 0.2) is 12.2 Å². The molecule has 1 heteroatoms. The molecule has 0 aromatic carbocycles. The van der Waals surface area contributed by atoms with Gasteiger partial charge in [-0.05, 0) is 50.9 Å². The molecule has 0 aromatic heterocycles. The molecule has 14 heavy (non-hydrogen) atoms. The molecule has 0 aromatic rings. The maximum atomic E-state index is 2.69. The number of rotatable bonds is 0. The summed E-state index contributed by atoms with van der Waals surface area (Å²) in [6.45, 7) is 9.75. The summed E-state index contributed by atoms with van der Waals surface area (Å²) >= 11 is 0. The Morgan fingerprint density at radius 2 is 1.50 bits per heavy atom. The molecule has 1 aliphatic heterocycles. The van der Waals surface area contributed by atoms with E-state index in [1.165, 1.54) is 19.5 Å². The van der Waals surface area contributed by atoms with Crippen LogP contribution < -0.4 is 0 Å². The fourth-order valence-corrected chi connectivity index (χ4v) is 3.70. The molecule has 2 bridgehead atoms. The Kier molecular flexibility index (Phi) is 1.69. The van der Waals surface area contributed by atoms with Crippen LogP contribution in [-0.4, -0.2) is 23.5 Å². The van der Waals surface area contributed by atoms with Crippen molar-refractivity contribution in [2.45, 2.75) is 32.7 Å². The highest BCUT2D eigenvalue weighted by molar-refractivity contribution is 5.16. The zero-order valence-corrected chi connectivity index (χ0v) is 9.53. The van der Waals surface area contributed by atoms with Crippen molar-refractivity contribution < 1.29 is 0 Å². The highest BCUT2D eigenvalue weighted by Gasteiger charge is 2.50. The maximum Gasteiger partial charge on any atom is 0.0125 e. The molecule has 78 valence electrons. The summed E-state index contributed by atoms with van der Waals surface area (Å²) in [6.07, 6.45) is 6.43. The molecule has 2 aliphatic carbocycles. The summed E-state index contributed by atoms with van der Waals surface area (Å²) in [5.41, 5.74) is 0.379. The van der Waals surface area contributed by atoms with Gasteiger partial charge in [0, 0.05) is 18.6 Å². The van der Waals surface area contributed by atoms with Gasteiger partial charge in [-0.1, -0.05) is 12.2 Å². The second-order valence-electron chi connectivity index (χ2n) is 6.35. The normalized spacial score (nSPS) is 46.2. The Morgan fingerprint density at radius 3 is 1.93 bits per heavy atom. The molecule has 0 amide bonds. The van der Waals surface area contributed by atoms with Crippen LogP contribution in [0.25, 0.3) is 0 Å².